The number of amides is 1. The van der Waals surface area contributed by atoms with E-state index in [9.17, 15) is 4.79 Å². The van der Waals surface area contributed by atoms with Gasteiger partial charge in [0.2, 0.25) is 0 Å². The third-order valence-electron chi connectivity index (χ3n) is 5.94. The molecule has 1 aliphatic rings. The maximum atomic E-state index is 13.1. The van der Waals surface area contributed by atoms with Crippen molar-refractivity contribution in [1.29, 1.82) is 0 Å². The second-order valence-electron chi connectivity index (χ2n) is 8.31. The van der Waals surface area contributed by atoms with Crippen molar-refractivity contribution in [3.63, 3.8) is 0 Å². The number of nitrogens with one attached hydrogen (secondary N) is 1. The highest BCUT2D eigenvalue weighted by molar-refractivity contribution is 5.94. The summed E-state index contributed by atoms with van der Waals surface area (Å²) in [5.74, 6) is -0.115. The van der Waals surface area contributed by atoms with E-state index in [4.69, 9.17) is 10.5 Å². The quantitative estimate of drug-likeness (QED) is 0.597. The fourth-order valence-corrected chi connectivity index (χ4v) is 4.23. The summed E-state index contributed by atoms with van der Waals surface area (Å²) >= 11 is 0. The minimum atomic E-state index is -0.330. The lowest BCUT2D eigenvalue weighted by Crippen LogP contribution is -2.58. The molecule has 0 aromatic heterocycles. The number of carbonyl (C=O) groups is 1. The highest BCUT2D eigenvalue weighted by Gasteiger charge is 2.36. The smallest absolute Gasteiger partial charge is 0.252 e. The Labute approximate surface area is 190 Å². The number of ether oxygens (including phenoxy) is 1. The number of nitrogens with two attached hydrogens (primary N) is 1. The van der Waals surface area contributed by atoms with Gasteiger partial charge in [-0.05, 0) is 36.1 Å². The molecule has 5 nitrogen and oxygen atoms in total. The third-order valence-corrected chi connectivity index (χ3v) is 5.94. The highest BCUT2D eigenvalue weighted by Crippen LogP contribution is 2.22. The molecule has 1 amide bonds. The molecule has 32 heavy (non-hydrogen) atoms. The average molecular weight is 430 g/mol. The van der Waals surface area contributed by atoms with Crippen molar-refractivity contribution < 1.29 is 9.53 Å². The fraction of sp³-hybridized carbons (Fsp3) is 0.296. The Morgan fingerprint density at radius 2 is 1.50 bits per heavy atom. The van der Waals surface area contributed by atoms with E-state index in [0.29, 0.717) is 12.2 Å². The maximum absolute atomic E-state index is 13.1. The zero-order valence-electron chi connectivity index (χ0n) is 18.3. The summed E-state index contributed by atoms with van der Waals surface area (Å²) in [4.78, 5) is 15.4. The van der Waals surface area contributed by atoms with Crippen molar-refractivity contribution in [1.82, 2.24) is 10.2 Å². The van der Waals surface area contributed by atoms with Gasteiger partial charge >= 0.3 is 0 Å². The van der Waals surface area contributed by atoms with Crippen LogP contribution in [0.2, 0.25) is 0 Å². The van der Waals surface area contributed by atoms with Crippen molar-refractivity contribution in [2.45, 2.75) is 44.3 Å². The predicted molar refractivity (Wildman–Crippen MR) is 127 cm³/mol. The molecule has 5 heteroatoms. The van der Waals surface area contributed by atoms with Crippen LogP contribution in [-0.4, -0.2) is 35.7 Å². The number of likely N-dealkylation sites (tertiary alicyclic amines) is 1. The maximum Gasteiger partial charge on any atom is 0.252 e. The number of hydrogen-bond acceptors (Lipinski definition) is 4. The van der Waals surface area contributed by atoms with Crippen molar-refractivity contribution in [2.24, 2.45) is 5.73 Å². The molecule has 3 aromatic carbocycles. The van der Waals surface area contributed by atoms with E-state index in [1.165, 1.54) is 5.56 Å². The highest BCUT2D eigenvalue weighted by atomic mass is 16.5. The standard InChI is InChI=1S/C27H31N3O2/c28-24-17-10-18-30(19-21-11-4-1-5-12-21)26(29-27(31)23-15-8-3-9-16-23)25(24)32-20-22-13-6-2-7-14-22/h1-9,11-16,24-26H,10,17-20,28H2,(H,29,31). The van der Waals surface area contributed by atoms with E-state index in [0.717, 1.165) is 31.5 Å². The Kier molecular flexibility index (Phi) is 7.67. The van der Waals surface area contributed by atoms with E-state index >= 15 is 0 Å². The number of rotatable bonds is 7. The van der Waals surface area contributed by atoms with E-state index < -0.39 is 0 Å². The molecule has 4 rings (SSSR count). The van der Waals surface area contributed by atoms with Crippen LogP contribution in [0.25, 0.3) is 0 Å². The molecular formula is C27H31N3O2. The van der Waals surface area contributed by atoms with Crippen molar-refractivity contribution >= 4 is 5.91 Å². The van der Waals surface area contributed by atoms with E-state index in [1.807, 2.05) is 78.9 Å². The van der Waals surface area contributed by atoms with Gasteiger partial charge < -0.3 is 15.8 Å². The summed E-state index contributed by atoms with van der Waals surface area (Å²) in [7, 11) is 0. The van der Waals surface area contributed by atoms with Gasteiger partial charge in [0, 0.05) is 24.7 Å². The van der Waals surface area contributed by atoms with Crippen molar-refractivity contribution in [2.75, 3.05) is 6.54 Å². The molecule has 0 saturated carbocycles. The van der Waals surface area contributed by atoms with Crippen LogP contribution in [0.15, 0.2) is 91.0 Å². The first-order valence-electron chi connectivity index (χ1n) is 11.3. The molecule has 1 saturated heterocycles. The number of hydrogen-bond donors (Lipinski definition) is 2. The minimum Gasteiger partial charge on any atom is -0.368 e. The first-order valence-corrected chi connectivity index (χ1v) is 11.3. The fourth-order valence-electron chi connectivity index (χ4n) is 4.23. The van der Waals surface area contributed by atoms with E-state index in [2.05, 4.69) is 22.3 Å². The predicted octanol–water partition coefficient (Wildman–Crippen LogP) is 3.95. The van der Waals surface area contributed by atoms with Gasteiger partial charge in [-0.2, -0.15) is 0 Å². The van der Waals surface area contributed by atoms with Gasteiger partial charge in [0.05, 0.1) is 6.61 Å². The zero-order chi connectivity index (χ0) is 22.2. The molecular weight excluding hydrogens is 398 g/mol. The van der Waals surface area contributed by atoms with Gasteiger partial charge in [0.25, 0.3) is 5.91 Å². The molecule has 3 unspecified atom stereocenters. The monoisotopic (exact) mass is 429 g/mol. The van der Waals surface area contributed by atoms with Crippen molar-refractivity contribution in [3.05, 3.63) is 108 Å². The van der Waals surface area contributed by atoms with Gasteiger partial charge in [-0.1, -0.05) is 78.9 Å². The van der Waals surface area contributed by atoms with Crippen LogP contribution in [0.1, 0.15) is 34.3 Å². The van der Waals surface area contributed by atoms with Crippen LogP contribution < -0.4 is 11.1 Å². The Morgan fingerprint density at radius 3 is 2.16 bits per heavy atom. The third kappa shape index (κ3) is 5.82. The van der Waals surface area contributed by atoms with Crippen LogP contribution in [0, 0.1) is 0 Å². The van der Waals surface area contributed by atoms with Gasteiger partial charge in [0.1, 0.15) is 12.3 Å². The topological polar surface area (TPSA) is 67.6 Å². The summed E-state index contributed by atoms with van der Waals surface area (Å²) in [5, 5.41) is 3.24. The molecule has 0 radical (unpaired) electrons. The summed E-state index contributed by atoms with van der Waals surface area (Å²) in [5.41, 5.74) is 9.52. The molecule has 0 spiro atoms. The summed E-state index contributed by atoms with van der Waals surface area (Å²) in [6, 6.07) is 29.5. The Balaban J connectivity index is 1.59. The molecule has 0 bridgehead atoms. The molecule has 1 aliphatic heterocycles. The first kappa shape index (κ1) is 22.2. The Bertz CT molecular complexity index is 966. The number of nitrogens with zero attached hydrogens (tertiary/aromatic N) is 1. The van der Waals surface area contributed by atoms with Gasteiger partial charge in [-0.25, -0.2) is 0 Å². The van der Waals surface area contributed by atoms with E-state index in [1.54, 1.807) is 0 Å². The summed E-state index contributed by atoms with van der Waals surface area (Å²) < 4.78 is 6.40. The first-order chi connectivity index (χ1) is 15.7. The largest absolute Gasteiger partial charge is 0.368 e. The van der Waals surface area contributed by atoms with Gasteiger partial charge in [-0.15, -0.1) is 0 Å². The molecule has 1 heterocycles. The van der Waals surface area contributed by atoms with Crippen LogP contribution in [0.4, 0.5) is 0 Å². The SMILES string of the molecule is NC1CCCN(Cc2ccccc2)C(NC(=O)c2ccccc2)C1OCc1ccccc1. The Hall–Kier alpha value is -2.99. The number of carbonyl (C=O) groups excluding carboxylic acids is 1. The van der Waals surface area contributed by atoms with Crippen LogP contribution >= 0.6 is 0 Å². The van der Waals surface area contributed by atoms with Crippen LogP contribution in [0.5, 0.6) is 0 Å². The number of benzene rings is 3. The molecule has 3 atom stereocenters. The Morgan fingerprint density at radius 1 is 0.906 bits per heavy atom. The normalized spacial score (nSPS) is 21.6. The molecule has 3 N–H and O–H groups in total. The second-order valence-corrected chi connectivity index (χ2v) is 8.31. The molecule has 3 aromatic rings. The average Bonchev–Trinajstić information content (AvgIpc) is 2.98. The summed E-state index contributed by atoms with van der Waals surface area (Å²) in [6.07, 6.45) is 1.15. The molecule has 1 fully saturated rings. The van der Waals surface area contributed by atoms with Crippen LogP contribution in [-0.2, 0) is 17.9 Å². The molecule has 0 aliphatic carbocycles. The minimum absolute atomic E-state index is 0.115. The second kappa shape index (κ2) is 11.0. The summed E-state index contributed by atoms with van der Waals surface area (Å²) in [6.45, 7) is 2.02. The lowest BCUT2D eigenvalue weighted by molar-refractivity contribution is -0.0398. The lowest BCUT2D eigenvalue weighted by atomic mass is 10.0. The van der Waals surface area contributed by atoms with Crippen molar-refractivity contribution in [3.8, 4) is 0 Å². The van der Waals surface area contributed by atoms with E-state index in [-0.39, 0.29) is 24.2 Å². The van der Waals surface area contributed by atoms with Gasteiger partial charge in [-0.3, -0.25) is 9.69 Å². The van der Waals surface area contributed by atoms with Gasteiger partial charge in [0.15, 0.2) is 0 Å². The lowest BCUT2D eigenvalue weighted by Gasteiger charge is -2.37. The zero-order valence-corrected chi connectivity index (χ0v) is 18.3. The molecule has 166 valence electrons. The van der Waals surface area contributed by atoms with Crippen LogP contribution in [0.3, 0.4) is 0 Å².